The van der Waals surface area contributed by atoms with Crippen LogP contribution in [0.15, 0.2) is 73.1 Å². The van der Waals surface area contributed by atoms with E-state index in [0.717, 1.165) is 37.3 Å². The maximum atomic E-state index is 12.7. The van der Waals surface area contributed by atoms with Gasteiger partial charge in [0, 0.05) is 38.9 Å². The normalized spacial score (nSPS) is 14.6. The van der Waals surface area contributed by atoms with Gasteiger partial charge < -0.3 is 15.0 Å². The predicted octanol–water partition coefficient (Wildman–Crippen LogP) is 5.03. The van der Waals surface area contributed by atoms with Crippen molar-refractivity contribution in [1.82, 2.24) is 14.8 Å². The molecule has 6 nitrogen and oxygen atoms in total. The molecule has 0 aliphatic carbocycles. The number of carbonyl (C=O) groups excluding carboxylic acids is 1. The highest BCUT2D eigenvalue weighted by Crippen LogP contribution is 2.29. The molecule has 0 unspecified atom stereocenters. The van der Waals surface area contributed by atoms with Crippen LogP contribution in [0.2, 0.25) is 0 Å². The molecule has 34 heavy (non-hydrogen) atoms. The Labute approximate surface area is 196 Å². The fraction of sp³-hybridized carbons (Fsp3) is 0.280. The van der Waals surface area contributed by atoms with Gasteiger partial charge >= 0.3 is 12.2 Å². The molecule has 4 rings (SSSR count). The van der Waals surface area contributed by atoms with Crippen molar-refractivity contribution in [2.45, 2.75) is 19.3 Å². The zero-order valence-electron chi connectivity index (χ0n) is 18.5. The first-order chi connectivity index (χ1) is 16.4. The van der Waals surface area contributed by atoms with Crippen molar-refractivity contribution in [1.29, 1.82) is 0 Å². The lowest BCUT2D eigenvalue weighted by molar-refractivity contribution is -0.137. The molecule has 1 aromatic heterocycles. The van der Waals surface area contributed by atoms with Crippen molar-refractivity contribution >= 4 is 11.7 Å². The van der Waals surface area contributed by atoms with Crippen LogP contribution in [0.4, 0.5) is 23.7 Å². The molecule has 2 aromatic carbocycles. The monoisotopic (exact) mass is 470 g/mol. The first-order valence-corrected chi connectivity index (χ1v) is 10.9. The molecule has 0 atom stereocenters. The molecule has 0 bridgehead atoms. The smallest absolute Gasteiger partial charge is 0.416 e. The number of rotatable bonds is 6. The number of nitrogens with one attached hydrogen (secondary N) is 1. The summed E-state index contributed by atoms with van der Waals surface area (Å²) in [5.74, 6) is 0.659. The van der Waals surface area contributed by atoms with Gasteiger partial charge in [-0.1, -0.05) is 24.3 Å². The highest BCUT2D eigenvalue weighted by atomic mass is 19.4. The Morgan fingerprint density at radius 1 is 0.971 bits per heavy atom. The fourth-order valence-corrected chi connectivity index (χ4v) is 3.70. The van der Waals surface area contributed by atoms with Gasteiger partial charge in [-0.2, -0.15) is 13.2 Å². The number of nitrogens with zero attached hydrogens (tertiary/aromatic N) is 3. The molecular formula is C25H25F3N4O2. The second-order valence-corrected chi connectivity index (χ2v) is 8.07. The lowest BCUT2D eigenvalue weighted by Gasteiger charge is -2.34. The van der Waals surface area contributed by atoms with E-state index in [0.29, 0.717) is 30.1 Å². The maximum Gasteiger partial charge on any atom is 0.416 e. The standard InChI is InChI=1S/C25H25F3N4O2/c26-25(27,28)21-8-6-19(7-9-21)18-34-23-5-1-3-20(15-23)17-31-11-13-32(14-12-31)24(33)30-22-4-2-10-29-16-22/h1-10,15-16H,11-14,17-18H2,(H,30,33). The van der Waals surface area contributed by atoms with Gasteiger partial charge in [0.05, 0.1) is 17.4 Å². The molecule has 178 valence electrons. The molecule has 1 aliphatic rings. The van der Waals surface area contributed by atoms with E-state index in [1.165, 1.54) is 12.1 Å². The SMILES string of the molecule is O=C(Nc1cccnc1)N1CCN(Cc2cccc(OCc3ccc(C(F)(F)F)cc3)c2)CC1. The predicted molar refractivity (Wildman–Crippen MR) is 122 cm³/mol. The van der Waals surface area contributed by atoms with Crippen molar-refractivity contribution in [3.05, 3.63) is 89.7 Å². The van der Waals surface area contributed by atoms with E-state index in [1.54, 1.807) is 29.4 Å². The third kappa shape index (κ3) is 6.48. The minimum atomic E-state index is -4.34. The minimum Gasteiger partial charge on any atom is -0.489 e. The fourth-order valence-electron chi connectivity index (χ4n) is 3.70. The highest BCUT2D eigenvalue weighted by Gasteiger charge is 2.29. The number of halogens is 3. The Bertz CT molecular complexity index is 1080. The molecule has 1 saturated heterocycles. The molecule has 3 aromatic rings. The number of alkyl halides is 3. The van der Waals surface area contributed by atoms with Crippen LogP contribution in [0.25, 0.3) is 0 Å². The number of piperazine rings is 1. The van der Waals surface area contributed by atoms with Gasteiger partial charge in [0.25, 0.3) is 0 Å². The van der Waals surface area contributed by atoms with Crippen LogP contribution < -0.4 is 10.1 Å². The first-order valence-electron chi connectivity index (χ1n) is 10.9. The second-order valence-electron chi connectivity index (χ2n) is 8.07. The van der Waals surface area contributed by atoms with E-state index in [2.05, 4.69) is 15.2 Å². The summed E-state index contributed by atoms with van der Waals surface area (Å²) in [5, 5.41) is 2.86. The van der Waals surface area contributed by atoms with Crippen LogP contribution in [0, 0.1) is 0 Å². The Balaban J connectivity index is 1.25. The summed E-state index contributed by atoms with van der Waals surface area (Å²) in [6.07, 6.45) is -1.08. The summed E-state index contributed by atoms with van der Waals surface area (Å²) in [4.78, 5) is 20.5. The topological polar surface area (TPSA) is 57.7 Å². The third-order valence-corrected chi connectivity index (χ3v) is 5.56. The van der Waals surface area contributed by atoms with E-state index in [4.69, 9.17) is 4.74 Å². The van der Waals surface area contributed by atoms with Gasteiger partial charge in [-0.15, -0.1) is 0 Å². The molecule has 0 radical (unpaired) electrons. The van der Waals surface area contributed by atoms with Gasteiger partial charge in [0.15, 0.2) is 0 Å². The number of anilines is 1. The maximum absolute atomic E-state index is 12.7. The zero-order valence-corrected chi connectivity index (χ0v) is 18.5. The Hall–Kier alpha value is -3.59. The van der Waals surface area contributed by atoms with Crippen LogP contribution in [0.3, 0.4) is 0 Å². The molecule has 2 heterocycles. The van der Waals surface area contributed by atoms with E-state index in [9.17, 15) is 18.0 Å². The molecule has 1 N–H and O–H groups in total. The summed E-state index contributed by atoms with van der Waals surface area (Å²) in [6, 6.07) is 16.1. The second kappa shape index (κ2) is 10.6. The van der Waals surface area contributed by atoms with Crippen molar-refractivity contribution in [2.75, 3.05) is 31.5 Å². The molecular weight excluding hydrogens is 445 g/mol. The van der Waals surface area contributed by atoms with Crippen molar-refractivity contribution in [3.63, 3.8) is 0 Å². The van der Waals surface area contributed by atoms with Crippen molar-refractivity contribution in [2.24, 2.45) is 0 Å². The van der Waals surface area contributed by atoms with Gasteiger partial charge in [0.2, 0.25) is 0 Å². The molecule has 0 spiro atoms. The molecule has 1 aliphatic heterocycles. The van der Waals surface area contributed by atoms with E-state index < -0.39 is 11.7 Å². The average Bonchev–Trinajstić information content (AvgIpc) is 2.84. The van der Waals surface area contributed by atoms with Gasteiger partial charge in [-0.05, 0) is 47.5 Å². The van der Waals surface area contributed by atoms with E-state index >= 15 is 0 Å². The minimum absolute atomic E-state index is 0.133. The van der Waals surface area contributed by atoms with Crippen LogP contribution in [0.5, 0.6) is 5.75 Å². The quantitative estimate of drug-likeness (QED) is 0.549. The number of carbonyl (C=O) groups is 1. The lowest BCUT2D eigenvalue weighted by Crippen LogP contribution is -2.49. The number of hydrogen-bond donors (Lipinski definition) is 1. The first kappa shape index (κ1) is 23.6. The summed E-state index contributed by atoms with van der Waals surface area (Å²) < 4.78 is 43.9. The van der Waals surface area contributed by atoms with Crippen LogP contribution >= 0.6 is 0 Å². The lowest BCUT2D eigenvalue weighted by atomic mass is 10.1. The molecule has 1 fully saturated rings. The molecule has 9 heteroatoms. The highest BCUT2D eigenvalue weighted by molar-refractivity contribution is 5.89. The summed E-state index contributed by atoms with van der Waals surface area (Å²) >= 11 is 0. The van der Waals surface area contributed by atoms with E-state index in [1.807, 2.05) is 24.3 Å². The third-order valence-electron chi connectivity index (χ3n) is 5.56. The number of urea groups is 1. The Kier molecular flexibility index (Phi) is 7.32. The Morgan fingerprint density at radius 3 is 2.41 bits per heavy atom. The van der Waals surface area contributed by atoms with E-state index in [-0.39, 0.29) is 12.6 Å². The molecule has 2 amide bonds. The zero-order chi connectivity index (χ0) is 24.0. The number of aromatic nitrogens is 1. The Morgan fingerprint density at radius 2 is 1.74 bits per heavy atom. The molecule has 0 saturated carbocycles. The summed E-state index contributed by atoms with van der Waals surface area (Å²) in [5.41, 5.74) is 1.73. The number of amides is 2. The van der Waals surface area contributed by atoms with Crippen LogP contribution in [-0.2, 0) is 19.3 Å². The van der Waals surface area contributed by atoms with Crippen LogP contribution in [-0.4, -0.2) is 47.0 Å². The number of benzene rings is 2. The van der Waals surface area contributed by atoms with Gasteiger partial charge in [-0.3, -0.25) is 9.88 Å². The average molecular weight is 470 g/mol. The van der Waals surface area contributed by atoms with Gasteiger partial charge in [-0.25, -0.2) is 4.79 Å². The van der Waals surface area contributed by atoms with Crippen molar-refractivity contribution < 1.29 is 22.7 Å². The number of hydrogen-bond acceptors (Lipinski definition) is 4. The van der Waals surface area contributed by atoms with Crippen LogP contribution in [0.1, 0.15) is 16.7 Å². The summed E-state index contributed by atoms with van der Waals surface area (Å²) in [7, 11) is 0. The largest absolute Gasteiger partial charge is 0.489 e. The van der Waals surface area contributed by atoms with Gasteiger partial charge in [0.1, 0.15) is 12.4 Å². The number of ether oxygens (including phenoxy) is 1. The van der Waals surface area contributed by atoms with Crippen molar-refractivity contribution in [3.8, 4) is 5.75 Å². The number of pyridine rings is 1. The summed E-state index contributed by atoms with van der Waals surface area (Å²) in [6.45, 7) is 3.64.